The average Bonchev–Trinajstić information content (AvgIpc) is 2.84. The van der Waals surface area contributed by atoms with E-state index in [0.717, 1.165) is 87.1 Å². The first-order chi connectivity index (χ1) is 15.9. The molecule has 180 valence electrons. The summed E-state index contributed by atoms with van der Waals surface area (Å²) in [6.45, 7) is 4.98. The molecule has 0 aliphatic heterocycles. The van der Waals surface area contributed by atoms with Gasteiger partial charge in [0, 0.05) is 35.0 Å². The summed E-state index contributed by atoms with van der Waals surface area (Å²) < 4.78 is 6.42. The van der Waals surface area contributed by atoms with Gasteiger partial charge in [-0.25, -0.2) is 15.0 Å². The predicted octanol–water partition coefficient (Wildman–Crippen LogP) is 4.68. The zero-order valence-corrected chi connectivity index (χ0v) is 20.1. The van der Waals surface area contributed by atoms with Crippen molar-refractivity contribution in [2.45, 2.75) is 108 Å². The summed E-state index contributed by atoms with van der Waals surface area (Å²) in [5.74, 6) is 1.66. The molecule has 1 atom stereocenters. The summed E-state index contributed by atoms with van der Waals surface area (Å²) in [5, 5.41) is 14.3. The quantitative estimate of drug-likeness (QED) is 0.558. The number of ether oxygens (including phenoxy) is 1. The zero-order chi connectivity index (χ0) is 23.1. The van der Waals surface area contributed by atoms with Crippen LogP contribution in [0.1, 0.15) is 96.0 Å². The van der Waals surface area contributed by atoms with Gasteiger partial charge in [-0.15, -0.1) is 0 Å². The third-order valence-corrected chi connectivity index (χ3v) is 8.71. The highest BCUT2D eigenvalue weighted by Gasteiger charge is 2.47. The van der Waals surface area contributed by atoms with Crippen LogP contribution in [-0.2, 0) is 0 Å². The predicted molar refractivity (Wildman–Crippen MR) is 130 cm³/mol. The van der Waals surface area contributed by atoms with E-state index in [1.165, 1.54) is 0 Å². The Labute approximate surface area is 196 Å². The van der Waals surface area contributed by atoms with Crippen molar-refractivity contribution in [3.05, 3.63) is 18.0 Å². The number of aromatic nitrogens is 3. The second kappa shape index (κ2) is 8.99. The van der Waals surface area contributed by atoms with Gasteiger partial charge in [-0.05, 0) is 83.5 Å². The van der Waals surface area contributed by atoms with Gasteiger partial charge in [0.2, 0.25) is 11.8 Å². The monoisotopic (exact) mass is 453 g/mol. The molecule has 33 heavy (non-hydrogen) atoms. The number of nitrogens with one attached hydrogen (secondary N) is 1. The van der Waals surface area contributed by atoms with Crippen LogP contribution in [0.2, 0.25) is 0 Å². The van der Waals surface area contributed by atoms with Crippen molar-refractivity contribution in [1.82, 2.24) is 15.0 Å². The lowest BCUT2D eigenvalue weighted by molar-refractivity contribution is 0.00453. The Hall–Kier alpha value is -1.99. The van der Waals surface area contributed by atoms with Crippen LogP contribution in [0, 0.1) is 5.41 Å². The first-order valence-corrected chi connectivity index (χ1v) is 12.9. The van der Waals surface area contributed by atoms with E-state index in [1.54, 1.807) is 0 Å². The molecule has 0 radical (unpaired) electrons. The summed E-state index contributed by atoms with van der Waals surface area (Å²) in [6, 6.07) is 0.305. The highest BCUT2D eigenvalue weighted by Crippen LogP contribution is 2.51. The number of anilines is 1. The van der Waals surface area contributed by atoms with Crippen molar-refractivity contribution >= 4 is 16.9 Å². The number of hydrogen-bond donors (Lipinski definition) is 3. The fourth-order valence-corrected chi connectivity index (χ4v) is 5.94. The Bertz CT molecular complexity index is 964. The number of pyridine rings is 1. The third kappa shape index (κ3) is 4.67. The molecule has 4 saturated carbocycles. The van der Waals surface area contributed by atoms with Gasteiger partial charge in [0.25, 0.3) is 0 Å². The number of nitrogens with zero attached hydrogens (tertiary/aromatic N) is 3. The third-order valence-electron chi connectivity index (χ3n) is 8.71. The second-order valence-corrected chi connectivity index (χ2v) is 11.1. The number of rotatable bonds is 7. The Balaban J connectivity index is 1.43. The molecule has 0 amide bonds. The van der Waals surface area contributed by atoms with Crippen molar-refractivity contribution in [3.63, 3.8) is 0 Å². The van der Waals surface area contributed by atoms with Crippen LogP contribution in [0.25, 0.3) is 10.9 Å². The fraction of sp³-hybridized carbons (Fsp3) is 0.731. The number of fused-ring (bicyclic) bond motifs is 4. The van der Waals surface area contributed by atoms with Crippen LogP contribution in [0.3, 0.4) is 0 Å². The molecule has 0 aromatic carbocycles. The minimum absolute atomic E-state index is 0.0643. The molecule has 4 aliphatic rings. The van der Waals surface area contributed by atoms with Gasteiger partial charge in [-0.3, -0.25) is 0 Å². The Morgan fingerprint density at radius 1 is 1.09 bits per heavy atom. The highest BCUT2D eigenvalue weighted by molar-refractivity contribution is 5.86. The van der Waals surface area contributed by atoms with Crippen molar-refractivity contribution in [2.24, 2.45) is 11.1 Å². The number of hydrogen-bond acceptors (Lipinski definition) is 7. The Morgan fingerprint density at radius 3 is 2.45 bits per heavy atom. The van der Waals surface area contributed by atoms with E-state index in [4.69, 9.17) is 20.4 Å². The Morgan fingerprint density at radius 2 is 1.79 bits per heavy atom. The molecule has 4 aliphatic carbocycles. The van der Waals surface area contributed by atoms with E-state index in [1.807, 2.05) is 12.4 Å². The molecular formula is C26H39N5O2. The van der Waals surface area contributed by atoms with E-state index in [2.05, 4.69) is 24.1 Å². The van der Waals surface area contributed by atoms with E-state index in [9.17, 15) is 5.11 Å². The highest BCUT2D eigenvalue weighted by atomic mass is 16.5. The summed E-state index contributed by atoms with van der Waals surface area (Å²) in [7, 11) is 0. The van der Waals surface area contributed by atoms with Gasteiger partial charge in [0.05, 0.1) is 23.6 Å². The minimum atomic E-state index is -0.183. The molecule has 2 aromatic heterocycles. The van der Waals surface area contributed by atoms with E-state index in [-0.39, 0.29) is 17.1 Å². The molecule has 6 rings (SSSR count). The molecule has 0 saturated heterocycles. The van der Waals surface area contributed by atoms with Crippen LogP contribution >= 0.6 is 0 Å². The SMILES string of the molecule is CC[C@H](C)Nc1ncc2c(OCC34CCC(N)(CC3)CC4)ncc(C3CCC(O)CC3)c2n1. The smallest absolute Gasteiger partial charge is 0.224 e. The standard InChI is InChI=1S/C26H39N5O2/c1-3-17(2)30-24-29-15-21-22(31-24)20(18-4-6-19(32)7-5-18)14-28-23(21)33-16-25-8-11-26(27,12-9-25)13-10-25/h14-15,17-19,32H,3-13,16,27H2,1-2H3,(H,29,30,31)/t17-,18?,19?,25?,26?/m0/s1. The average molecular weight is 454 g/mol. The van der Waals surface area contributed by atoms with E-state index < -0.39 is 0 Å². The fourth-order valence-electron chi connectivity index (χ4n) is 5.94. The minimum Gasteiger partial charge on any atom is -0.477 e. The van der Waals surface area contributed by atoms with Crippen LogP contribution in [-0.4, -0.2) is 44.4 Å². The van der Waals surface area contributed by atoms with Crippen LogP contribution in [0.15, 0.2) is 12.4 Å². The maximum atomic E-state index is 9.98. The van der Waals surface area contributed by atoms with Crippen molar-refractivity contribution in [3.8, 4) is 5.88 Å². The zero-order valence-electron chi connectivity index (χ0n) is 20.1. The summed E-state index contributed by atoms with van der Waals surface area (Å²) >= 11 is 0. The lowest BCUT2D eigenvalue weighted by atomic mass is 9.58. The van der Waals surface area contributed by atoms with Gasteiger partial charge < -0.3 is 20.9 Å². The van der Waals surface area contributed by atoms with Gasteiger partial charge in [0.15, 0.2) is 0 Å². The topological polar surface area (TPSA) is 106 Å². The number of aliphatic hydroxyl groups is 1. The summed E-state index contributed by atoms with van der Waals surface area (Å²) in [6.07, 6.45) is 15.0. The molecular weight excluding hydrogens is 414 g/mol. The molecule has 2 aromatic rings. The van der Waals surface area contributed by atoms with Gasteiger partial charge >= 0.3 is 0 Å². The molecule has 7 nitrogen and oxygen atoms in total. The largest absolute Gasteiger partial charge is 0.477 e. The summed E-state index contributed by atoms with van der Waals surface area (Å²) in [5.41, 5.74) is 8.88. The molecule has 4 N–H and O–H groups in total. The van der Waals surface area contributed by atoms with E-state index >= 15 is 0 Å². The van der Waals surface area contributed by atoms with Crippen LogP contribution < -0.4 is 15.8 Å². The van der Waals surface area contributed by atoms with E-state index in [0.29, 0.717) is 30.4 Å². The molecule has 7 heteroatoms. The van der Waals surface area contributed by atoms with Gasteiger partial charge in [0.1, 0.15) is 0 Å². The first kappa shape index (κ1) is 22.8. The van der Waals surface area contributed by atoms with Gasteiger partial charge in [-0.1, -0.05) is 6.92 Å². The van der Waals surface area contributed by atoms with Crippen molar-refractivity contribution in [1.29, 1.82) is 0 Å². The van der Waals surface area contributed by atoms with Gasteiger partial charge in [-0.2, -0.15) is 0 Å². The van der Waals surface area contributed by atoms with Crippen LogP contribution in [0.5, 0.6) is 5.88 Å². The molecule has 2 heterocycles. The Kier molecular flexibility index (Phi) is 6.21. The summed E-state index contributed by atoms with van der Waals surface area (Å²) in [4.78, 5) is 14.3. The normalized spacial score (nSPS) is 32.6. The maximum absolute atomic E-state index is 9.98. The van der Waals surface area contributed by atoms with Crippen LogP contribution in [0.4, 0.5) is 5.95 Å². The van der Waals surface area contributed by atoms with Crippen molar-refractivity contribution in [2.75, 3.05) is 11.9 Å². The molecule has 2 bridgehead atoms. The number of nitrogens with two attached hydrogens (primary N) is 1. The number of aliphatic hydroxyl groups excluding tert-OH is 1. The van der Waals surface area contributed by atoms with Crippen molar-refractivity contribution < 1.29 is 9.84 Å². The molecule has 0 spiro atoms. The lowest BCUT2D eigenvalue weighted by Gasteiger charge is -2.51. The lowest BCUT2D eigenvalue weighted by Crippen LogP contribution is -2.53. The molecule has 0 unspecified atom stereocenters. The maximum Gasteiger partial charge on any atom is 0.224 e. The second-order valence-electron chi connectivity index (χ2n) is 11.1. The first-order valence-electron chi connectivity index (χ1n) is 12.9. The molecule has 4 fully saturated rings.